The first-order chi connectivity index (χ1) is 16.0. The first-order valence-electron chi connectivity index (χ1n) is 11.0. The lowest BCUT2D eigenvalue weighted by Crippen LogP contribution is -2.03. The highest BCUT2D eigenvalue weighted by molar-refractivity contribution is 5.90. The number of nitriles is 1. The molecule has 0 spiro atoms. The molecular weight excluding hydrogens is 410 g/mol. The second kappa shape index (κ2) is 9.62. The molecule has 166 valence electrons. The topological polar surface area (TPSA) is 70.9 Å². The summed E-state index contributed by atoms with van der Waals surface area (Å²) in [5.74, 6) is 1.87. The van der Waals surface area contributed by atoms with Gasteiger partial charge in [-0.1, -0.05) is 35.9 Å². The predicted molar refractivity (Wildman–Crippen MR) is 132 cm³/mol. The average Bonchev–Trinajstić information content (AvgIpc) is 3.22. The molecule has 0 saturated heterocycles. The van der Waals surface area contributed by atoms with Crippen molar-refractivity contribution in [1.82, 2.24) is 9.97 Å². The number of H-pyrrole nitrogens is 1. The highest BCUT2D eigenvalue weighted by Gasteiger charge is 2.12. The Morgan fingerprint density at radius 3 is 2.45 bits per heavy atom. The average molecular weight is 438 g/mol. The molecule has 33 heavy (non-hydrogen) atoms. The third kappa shape index (κ3) is 4.91. The van der Waals surface area contributed by atoms with Gasteiger partial charge >= 0.3 is 0 Å². The van der Waals surface area contributed by atoms with Crippen LogP contribution in [-0.2, 0) is 6.61 Å². The summed E-state index contributed by atoms with van der Waals surface area (Å²) in [4.78, 5) is 7.75. The van der Waals surface area contributed by atoms with E-state index >= 15 is 0 Å². The number of nitrogens with zero attached hydrogens (tertiary/aromatic N) is 2. The summed E-state index contributed by atoms with van der Waals surface area (Å²) in [6, 6.07) is 20.0. The van der Waals surface area contributed by atoms with Gasteiger partial charge in [-0.15, -0.1) is 0 Å². The quantitative estimate of drug-likeness (QED) is 0.334. The first-order valence-corrected chi connectivity index (χ1v) is 11.0. The number of nitrogens with one attached hydrogen (secondary N) is 1. The fourth-order valence-electron chi connectivity index (χ4n) is 3.99. The van der Waals surface area contributed by atoms with Crippen LogP contribution in [0.1, 0.15) is 40.6 Å². The number of hydrogen-bond acceptors (Lipinski definition) is 4. The molecule has 1 N–H and O–H groups in total. The number of hydrogen-bond donors (Lipinski definition) is 1. The SMILES string of the molecule is CCOc1cc(/C=C(\C#N)c2nc3ccccc3[nH]2)ccc1OCc1c(C)cc(C)cc1C. The molecule has 0 aliphatic carbocycles. The number of benzene rings is 3. The van der Waals surface area contributed by atoms with Crippen molar-refractivity contribution < 1.29 is 9.47 Å². The number of aromatic nitrogens is 2. The van der Waals surface area contributed by atoms with Gasteiger partial charge in [0.05, 0.1) is 23.2 Å². The van der Waals surface area contributed by atoms with Gasteiger partial charge in [0, 0.05) is 0 Å². The summed E-state index contributed by atoms with van der Waals surface area (Å²) < 4.78 is 12.0. The molecule has 5 nitrogen and oxygen atoms in total. The van der Waals surface area contributed by atoms with Crippen LogP contribution in [0.15, 0.2) is 54.6 Å². The maximum Gasteiger partial charge on any atom is 0.161 e. The minimum absolute atomic E-state index is 0.452. The van der Waals surface area contributed by atoms with Gasteiger partial charge in [0.1, 0.15) is 18.5 Å². The van der Waals surface area contributed by atoms with Crippen molar-refractivity contribution in [2.45, 2.75) is 34.3 Å². The lowest BCUT2D eigenvalue weighted by atomic mass is 10.0. The van der Waals surface area contributed by atoms with Crippen LogP contribution < -0.4 is 9.47 Å². The number of fused-ring (bicyclic) bond motifs is 1. The Morgan fingerprint density at radius 2 is 1.76 bits per heavy atom. The molecule has 5 heteroatoms. The Morgan fingerprint density at radius 1 is 1.00 bits per heavy atom. The molecule has 0 unspecified atom stereocenters. The number of rotatable bonds is 7. The number of allylic oxidation sites excluding steroid dienone is 1. The first kappa shape index (κ1) is 22.2. The molecule has 3 aromatic carbocycles. The molecule has 0 aliphatic heterocycles. The highest BCUT2D eigenvalue weighted by atomic mass is 16.5. The number of aryl methyl sites for hydroxylation is 3. The normalized spacial score (nSPS) is 11.4. The van der Waals surface area contributed by atoms with E-state index < -0.39 is 0 Å². The van der Waals surface area contributed by atoms with Crippen molar-refractivity contribution in [2.24, 2.45) is 0 Å². The van der Waals surface area contributed by atoms with Crippen LogP contribution in [0.3, 0.4) is 0 Å². The van der Waals surface area contributed by atoms with E-state index in [9.17, 15) is 5.26 Å². The maximum absolute atomic E-state index is 9.74. The van der Waals surface area contributed by atoms with Crippen LogP contribution in [0.4, 0.5) is 0 Å². The highest BCUT2D eigenvalue weighted by Crippen LogP contribution is 2.31. The van der Waals surface area contributed by atoms with Gasteiger partial charge in [0.2, 0.25) is 0 Å². The van der Waals surface area contributed by atoms with Gasteiger partial charge in [0.15, 0.2) is 11.5 Å². The van der Waals surface area contributed by atoms with Crippen LogP contribution >= 0.6 is 0 Å². The van der Waals surface area contributed by atoms with Crippen LogP contribution in [0.5, 0.6) is 11.5 Å². The summed E-state index contributed by atoms with van der Waals surface area (Å²) >= 11 is 0. The summed E-state index contributed by atoms with van der Waals surface area (Å²) in [6.07, 6.45) is 1.80. The van der Waals surface area contributed by atoms with Crippen LogP contribution in [0, 0.1) is 32.1 Å². The zero-order valence-electron chi connectivity index (χ0n) is 19.4. The molecule has 4 rings (SSSR count). The summed E-state index contributed by atoms with van der Waals surface area (Å²) in [5.41, 5.74) is 7.88. The molecule has 1 aromatic heterocycles. The van der Waals surface area contributed by atoms with Gasteiger partial charge in [-0.05, 0) is 80.3 Å². The molecule has 1 heterocycles. The van der Waals surface area contributed by atoms with Gasteiger partial charge in [-0.25, -0.2) is 4.98 Å². The summed E-state index contributed by atoms with van der Waals surface area (Å²) in [6.45, 7) is 9.24. The number of para-hydroxylation sites is 2. The van der Waals surface area contributed by atoms with E-state index in [0.717, 1.165) is 16.6 Å². The van der Waals surface area contributed by atoms with E-state index in [-0.39, 0.29) is 0 Å². The van der Waals surface area contributed by atoms with Crippen molar-refractivity contribution in [2.75, 3.05) is 6.61 Å². The molecule has 0 radical (unpaired) electrons. The fourth-order valence-corrected chi connectivity index (χ4v) is 3.99. The summed E-state index contributed by atoms with van der Waals surface area (Å²) in [5, 5.41) is 9.74. The van der Waals surface area contributed by atoms with Crippen molar-refractivity contribution in [3.05, 3.63) is 88.2 Å². The monoisotopic (exact) mass is 437 g/mol. The number of aromatic amines is 1. The third-order valence-electron chi connectivity index (χ3n) is 5.56. The zero-order chi connectivity index (χ0) is 23.4. The lowest BCUT2D eigenvalue weighted by molar-refractivity contribution is 0.268. The molecule has 4 aromatic rings. The number of imidazole rings is 1. The number of ether oxygens (including phenoxy) is 2. The Labute approximate surface area is 194 Å². The van der Waals surface area contributed by atoms with Gasteiger partial charge in [-0.2, -0.15) is 5.26 Å². The second-order valence-corrected chi connectivity index (χ2v) is 8.08. The Balaban J connectivity index is 1.61. The predicted octanol–water partition coefficient (Wildman–Crippen LogP) is 6.53. The third-order valence-corrected chi connectivity index (χ3v) is 5.56. The smallest absolute Gasteiger partial charge is 0.161 e. The van der Waals surface area contributed by atoms with E-state index in [0.29, 0.717) is 36.1 Å². The fraction of sp³-hybridized carbons (Fsp3) is 0.214. The Bertz CT molecular complexity index is 1320. The Hall–Kier alpha value is -4.04. The standard InChI is InChI=1S/C28H27N3O2/c1-5-32-27-15-21(14-22(16-29)28-30-24-8-6-7-9-25(24)31-28)10-11-26(27)33-17-23-19(3)12-18(2)13-20(23)4/h6-15H,5,17H2,1-4H3,(H,30,31)/b22-14+. The minimum atomic E-state index is 0.452. The van der Waals surface area contributed by atoms with Gasteiger partial charge in [-0.3, -0.25) is 0 Å². The Kier molecular flexibility index (Phi) is 6.46. The van der Waals surface area contributed by atoms with E-state index in [4.69, 9.17) is 9.47 Å². The molecule has 0 atom stereocenters. The van der Waals surface area contributed by atoms with E-state index in [1.54, 1.807) is 6.08 Å². The summed E-state index contributed by atoms with van der Waals surface area (Å²) in [7, 11) is 0. The molecule has 0 amide bonds. The lowest BCUT2D eigenvalue weighted by Gasteiger charge is -2.15. The van der Waals surface area contributed by atoms with Gasteiger partial charge in [0.25, 0.3) is 0 Å². The second-order valence-electron chi connectivity index (χ2n) is 8.08. The van der Waals surface area contributed by atoms with Crippen molar-refractivity contribution in [3.8, 4) is 17.6 Å². The van der Waals surface area contributed by atoms with Gasteiger partial charge < -0.3 is 14.5 Å². The molecule has 0 bridgehead atoms. The molecular formula is C28H27N3O2. The molecule has 0 fully saturated rings. The van der Waals surface area contributed by atoms with E-state index in [2.05, 4.69) is 48.9 Å². The molecule has 0 saturated carbocycles. The van der Waals surface area contributed by atoms with Crippen molar-refractivity contribution in [1.29, 1.82) is 5.26 Å². The minimum Gasteiger partial charge on any atom is -0.490 e. The largest absolute Gasteiger partial charge is 0.490 e. The van der Waals surface area contributed by atoms with Crippen molar-refractivity contribution >= 4 is 22.7 Å². The maximum atomic E-state index is 9.74. The zero-order valence-corrected chi connectivity index (χ0v) is 19.4. The molecule has 0 aliphatic rings. The van der Waals surface area contributed by atoms with Crippen LogP contribution in [0.2, 0.25) is 0 Å². The van der Waals surface area contributed by atoms with Crippen molar-refractivity contribution in [3.63, 3.8) is 0 Å². The van der Waals surface area contributed by atoms with Crippen LogP contribution in [0.25, 0.3) is 22.7 Å². The van der Waals surface area contributed by atoms with E-state index in [1.807, 2.05) is 49.4 Å². The van der Waals surface area contributed by atoms with E-state index in [1.165, 1.54) is 22.3 Å². The van der Waals surface area contributed by atoms with Crippen LogP contribution in [-0.4, -0.2) is 16.6 Å².